The van der Waals surface area contributed by atoms with Crippen molar-refractivity contribution in [3.63, 3.8) is 0 Å². The van der Waals surface area contributed by atoms with Crippen LogP contribution in [-0.2, 0) is 9.59 Å². The molecule has 2 aliphatic rings. The van der Waals surface area contributed by atoms with Crippen molar-refractivity contribution >= 4 is 11.8 Å². The Kier molecular flexibility index (Phi) is 12.5. The molecule has 0 aromatic rings. The van der Waals surface area contributed by atoms with Gasteiger partial charge in [0.1, 0.15) is 0 Å². The molecule has 1 aliphatic heterocycles. The summed E-state index contributed by atoms with van der Waals surface area (Å²) < 4.78 is 0. The summed E-state index contributed by atoms with van der Waals surface area (Å²) in [5.41, 5.74) is 6.43. The molecule has 1 saturated carbocycles. The average Bonchev–Trinajstić information content (AvgIpc) is 3.16. The molecule has 31 heavy (non-hydrogen) atoms. The molecule has 180 valence electrons. The van der Waals surface area contributed by atoms with E-state index < -0.39 is 0 Å². The zero-order chi connectivity index (χ0) is 23.4. The summed E-state index contributed by atoms with van der Waals surface area (Å²) in [6, 6.07) is 0. The van der Waals surface area contributed by atoms with Gasteiger partial charge in [-0.25, -0.2) is 0 Å². The Morgan fingerprint density at radius 2 is 1.52 bits per heavy atom. The summed E-state index contributed by atoms with van der Waals surface area (Å²) in [4.78, 5) is 26.2. The van der Waals surface area contributed by atoms with Gasteiger partial charge in [0.2, 0.25) is 0 Å². The minimum atomic E-state index is -0.165. The van der Waals surface area contributed by atoms with Gasteiger partial charge in [-0.1, -0.05) is 41.5 Å². The molecule has 2 amide bonds. The van der Waals surface area contributed by atoms with E-state index in [9.17, 15) is 9.59 Å². The van der Waals surface area contributed by atoms with Gasteiger partial charge in [0.05, 0.1) is 0 Å². The lowest BCUT2D eigenvalue weighted by atomic mass is 9.88. The summed E-state index contributed by atoms with van der Waals surface area (Å²) in [6.07, 6.45) is 3.76. The lowest BCUT2D eigenvalue weighted by Crippen LogP contribution is -2.39. The van der Waals surface area contributed by atoms with E-state index in [0.717, 1.165) is 51.0 Å². The van der Waals surface area contributed by atoms with Gasteiger partial charge < -0.3 is 21.7 Å². The molecule has 7 heteroatoms. The SMILES string of the molecule is CC(C)C.CC(CC1(C)CC1C)C1=CC(=O)N(CCNCCNCCNCCN)C1=O. The van der Waals surface area contributed by atoms with E-state index in [2.05, 4.69) is 57.5 Å². The van der Waals surface area contributed by atoms with Crippen molar-refractivity contribution in [3.8, 4) is 0 Å². The van der Waals surface area contributed by atoms with Crippen molar-refractivity contribution in [1.29, 1.82) is 0 Å². The van der Waals surface area contributed by atoms with Crippen LogP contribution in [0, 0.1) is 23.2 Å². The third-order valence-corrected chi connectivity index (χ3v) is 5.93. The molecule has 0 aromatic carbocycles. The van der Waals surface area contributed by atoms with E-state index in [1.54, 1.807) is 6.08 Å². The summed E-state index contributed by atoms with van der Waals surface area (Å²) in [6.45, 7) is 19.1. The van der Waals surface area contributed by atoms with Crippen LogP contribution in [0.15, 0.2) is 11.6 Å². The highest BCUT2D eigenvalue weighted by Crippen LogP contribution is 2.56. The molecule has 3 atom stereocenters. The summed E-state index contributed by atoms with van der Waals surface area (Å²) in [7, 11) is 0. The Labute approximate surface area is 190 Å². The fourth-order valence-corrected chi connectivity index (χ4v) is 3.85. The average molecular weight is 438 g/mol. The van der Waals surface area contributed by atoms with Crippen molar-refractivity contribution < 1.29 is 9.59 Å². The fourth-order valence-electron chi connectivity index (χ4n) is 3.85. The molecule has 3 unspecified atom stereocenters. The second-order valence-corrected chi connectivity index (χ2v) is 10.0. The molecular formula is C24H47N5O2. The van der Waals surface area contributed by atoms with Gasteiger partial charge >= 0.3 is 0 Å². The normalized spacial score (nSPS) is 23.7. The van der Waals surface area contributed by atoms with Gasteiger partial charge in [-0.15, -0.1) is 0 Å². The zero-order valence-corrected chi connectivity index (χ0v) is 20.7. The Hall–Kier alpha value is -1.28. The maximum atomic E-state index is 12.6. The number of nitrogens with zero attached hydrogens (tertiary/aromatic N) is 1. The summed E-state index contributed by atoms with van der Waals surface area (Å²) in [5, 5.41) is 9.82. The van der Waals surface area contributed by atoms with Gasteiger partial charge in [0.15, 0.2) is 0 Å². The van der Waals surface area contributed by atoms with Crippen molar-refractivity contribution in [2.75, 3.05) is 52.4 Å². The molecular weight excluding hydrogens is 390 g/mol. The first-order valence-corrected chi connectivity index (χ1v) is 12.0. The molecule has 1 heterocycles. The monoisotopic (exact) mass is 437 g/mol. The molecule has 7 nitrogen and oxygen atoms in total. The van der Waals surface area contributed by atoms with Crippen molar-refractivity contribution in [2.45, 2.75) is 54.4 Å². The van der Waals surface area contributed by atoms with Gasteiger partial charge in [0, 0.05) is 64.0 Å². The van der Waals surface area contributed by atoms with Crippen LogP contribution in [0.2, 0.25) is 0 Å². The Bertz CT molecular complexity index is 590. The molecule has 0 radical (unpaired) electrons. The molecule has 0 saturated heterocycles. The second kappa shape index (κ2) is 14.0. The van der Waals surface area contributed by atoms with E-state index in [1.165, 1.54) is 11.3 Å². The maximum Gasteiger partial charge on any atom is 0.257 e. The van der Waals surface area contributed by atoms with Gasteiger partial charge in [0.25, 0.3) is 11.8 Å². The van der Waals surface area contributed by atoms with Crippen LogP contribution in [0.4, 0.5) is 0 Å². The number of nitrogens with two attached hydrogens (primary N) is 1. The summed E-state index contributed by atoms with van der Waals surface area (Å²) >= 11 is 0. The minimum absolute atomic E-state index is 0.102. The molecule has 1 fully saturated rings. The van der Waals surface area contributed by atoms with E-state index >= 15 is 0 Å². The fraction of sp³-hybridized carbons (Fsp3) is 0.833. The van der Waals surface area contributed by atoms with E-state index in [1.807, 2.05) is 0 Å². The molecule has 5 N–H and O–H groups in total. The van der Waals surface area contributed by atoms with Crippen LogP contribution in [-0.4, -0.2) is 69.1 Å². The standard InChI is InChI=1S/C20H37N5O2.C4H10/c1-15(13-20(3)14-16(20)2)17-12-18(26)25(19(17)27)11-10-24-9-8-23-7-6-22-5-4-21;1-4(2)3/h12,15-16,22-24H,4-11,13-14,21H2,1-3H3;4H,1-3H3. The first kappa shape index (κ1) is 27.8. The molecule has 0 bridgehead atoms. The number of hydrogen-bond donors (Lipinski definition) is 4. The van der Waals surface area contributed by atoms with Gasteiger partial charge in [-0.2, -0.15) is 0 Å². The van der Waals surface area contributed by atoms with Gasteiger partial charge in [-0.05, 0) is 36.0 Å². The Balaban J connectivity index is 0.00000110. The van der Waals surface area contributed by atoms with Crippen molar-refractivity contribution in [1.82, 2.24) is 20.9 Å². The lowest BCUT2D eigenvalue weighted by molar-refractivity contribution is -0.137. The van der Waals surface area contributed by atoms with E-state index in [0.29, 0.717) is 30.6 Å². The topological polar surface area (TPSA) is 99.5 Å². The highest BCUT2D eigenvalue weighted by atomic mass is 16.2. The second-order valence-electron chi connectivity index (χ2n) is 10.0. The largest absolute Gasteiger partial charge is 0.329 e. The third-order valence-electron chi connectivity index (χ3n) is 5.93. The number of carbonyl (C=O) groups is 2. The Morgan fingerprint density at radius 3 is 2.00 bits per heavy atom. The number of hydrogen-bond acceptors (Lipinski definition) is 6. The number of amides is 2. The van der Waals surface area contributed by atoms with Gasteiger partial charge in [-0.3, -0.25) is 14.5 Å². The lowest BCUT2D eigenvalue weighted by Gasteiger charge is -2.20. The van der Waals surface area contributed by atoms with Crippen LogP contribution in [0.1, 0.15) is 54.4 Å². The first-order valence-electron chi connectivity index (χ1n) is 12.0. The zero-order valence-electron chi connectivity index (χ0n) is 20.7. The van der Waals surface area contributed by atoms with Crippen LogP contribution in [0.3, 0.4) is 0 Å². The number of rotatable bonds is 14. The van der Waals surface area contributed by atoms with Crippen LogP contribution < -0.4 is 21.7 Å². The number of nitrogens with one attached hydrogen (secondary N) is 3. The number of carbonyl (C=O) groups excluding carboxylic acids is 2. The number of imide groups is 1. The van der Waals surface area contributed by atoms with Crippen LogP contribution in [0.25, 0.3) is 0 Å². The smallest absolute Gasteiger partial charge is 0.257 e. The minimum Gasteiger partial charge on any atom is -0.329 e. The maximum absolute atomic E-state index is 12.6. The molecule has 0 spiro atoms. The van der Waals surface area contributed by atoms with E-state index in [-0.39, 0.29) is 17.7 Å². The summed E-state index contributed by atoms with van der Waals surface area (Å²) in [5.74, 6) is 1.43. The van der Waals surface area contributed by atoms with Crippen LogP contribution in [0.5, 0.6) is 0 Å². The quantitative estimate of drug-likeness (QED) is 0.244. The van der Waals surface area contributed by atoms with E-state index in [4.69, 9.17) is 5.73 Å². The van der Waals surface area contributed by atoms with Crippen LogP contribution >= 0.6 is 0 Å². The van der Waals surface area contributed by atoms with Crippen molar-refractivity contribution in [2.24, 2.45) is 28.9 Å². The predicted molar refractivity (Wildman–Crippen MR) is 129 cm³/mol. The Morgan fingerprint density at radius 1 is 1.03 bits per heavy atom. The molecule has 2 rings (SSSR count). The third kappa shape index (κ3) is 10.3. The first-order chi connectivity index (χ1) is 14.6. The molecule has 0 aromatic heterocycles. The highest BCUT2D eigenvalue weighted by molar-refractivity contribution is 6.16. The molecule has 1 aliphatic carbocycles. The predicted octanol–water partition coefficient (Wildman–Crippen LogP) is 1.74. The van der Waals surface area contributed by atoms with Crippen molar-refractivity contribution in [3.05, 3.63) is 11.6 Å². The highest BCUT2D eigenvalue weighted by Gasteiger charge is 2.48.